The lowest BCUT2D eigenvalue weighted by atomic mass is 10.2. The van der Waals surface area contributed by atoms with Gasteiger partial charge in [0.1, 0.15) is 5.75 Å². The minimum Gasteiger partial charge on any atom is -0.433 e. The number of carbonyl (C=O) groups excluding carboxylic acids is 1. The van der Waals surface area contributed by atoms with Gasteiger partial charge in [-0.05, 0) is 18.6 Å². The number of ether oxygens (including phenoxy) is 1. The topological polar surface area (TPSA) is 41.6 Å². The molecule has 0 spiro atoms. The van der Waals surface area contributed by atoms with E-state index in [0.717, 1.165) is 11.5 Å². The van der Waals surface area contributed by atoms with E-state index in [2.05, 4.69) is 10.1 Å². The Bertz CT molecular complexity index is 479. The molecule has 1 aliphatic rings. The van der Waals surface area contributed by atoms with Crippen LogP contribution in [0.15, 0.2) is 18.2 Å². The molecule has 1 aromatic carbocycles. The number of thioether (sulfide) groups is 1. The van der Waals surface area contributed by atoms with Crippen molar-refractivity contribution in [3.63, 3.8) is 0 Å². The van der Waals surface area contributed by atoms with Crippen LogP contribution in [0.1, 0.15) is 5.56 Å². The first-order valence-corrected chi connectivity index (χ1v) is 7.41. The second-order valence-corrected chi connectivity index (χ2v) is 5.58. The number of hydrogen-bond acceptors (Lipinski definition) is 3. The molecule has 2 rings (SSSR count). The highest BCUT2D eigenvalue weighted by Crippen LogP contribution is 2.29. The molecule has 1 saturated heterocycles. The number of halogens is 2. The lowest BCUT2D eigenvalue weighted by molar-refractivity contribution is -0.0493. The third-order valence-corrected chi connectivity index (χ3v) is 3.92. The second kappa shape index (κ2) is 6.78. The SMILES string of the molecule is Cc1cccc(OC(F)F)c1NC(=O)N1CCSCC1. The van der Waals surface area contributed by atoms with Crippen LogP contribution in [0, 0.1) is 6.92 Å². The van der Waals surface area contributed by atoms with Crippen molar-refractivity contribution in [2.45, 2.75) is 13.5 Å². The van der Waals surface area contributed by atoms with E-state index in [1.807, 2.05) is 0 Å². The fraction of sp³-hybridized carbons (Fsp3) is 0.462. The van der Waals surface area contributed by atoms with Crippen molar-refractivity contribution in [2.24, 2.45) is 0 Å². The number of nitrogens with one attached hydrogen (secondary N) is 1. The summed E-state index contributed by atoms with van der Waals surface area (Å²) in [6.07, 6.45) is 0. The van der Waals surface area contributed by atoms with Crippen molar-refractivity contribution in [2.75, 3.05) is 29.9 Å². The number of benzene rings is 1. The summed E-state index contributed by atoms with van der Waals surface area (Å²) in [7, 11) is 0. The van der Waals surface area contributed by atoms with Gasteiger partial charge in [-0.15, -0.1) is 0 Å². The van der Waals surface area contributed by atoms with Crippen LogP contribution >= 0.6 is 11.8 Å². The van der Waals surface area contributed by atoms with Crippen LogP contribution in [0.2, 0.25) is 0 Å². The zero-order valence-electron chi connectivity index (χ0n) is 11.1. The zero-order valence-corrected chi connectivity index (χ0v) is 11.9. The molecule has 0 aromatic heterocycles. The predicted molar refractivity (Wildman–Crippen MR) is 75.7 cm³/mol. The van der Waals surface area contributed by atoms with Gasteiger partial charge in [-0.25, -0.2) is 4.79 Å². The van der Waals surface area contributed by atoms with Crippen molar-refractivity contribution in [1.29, 1.82) is 0 Å². The molecule has 20 heavy (non-hydrogen) atoms. The summed E-state index contributed by atoms with van der Waals surface area (Å²) in [5.74, 6) is 1.77. The van der Waals surface area contributed by atoms with E-state index in [4.69, 9.17) is 0 Å². The summed E-state index contributed by atoms with van der Waals surface area (Å²) in [5, 5.41) is 2.67. The van der Waals surface area contributed by atoms with Crippen LogP contribution < -0.4 is 10.1 Å². The van der Waals surface area contributed by atoms with Gasteiger partial charge < -0.3 is 15.0 Å². The van der Waals surface area contributed by atoms with Crippen molar-refractivity contribution in [1.82, 2.24) is 4.90 Å². The van der Waals surface area contributed by atoms with Crippen molar-refractivity contribution >= 4 is 23.5 Å². The summed E-state index contributed by atoms with van der Waals surface area (Å²) in [6, 6.07) is 4.49. The minimum absolute atomic E-state index is 0.0141. The lowest BCUT2D eigenvalue weighted by Gasteiger charge is -2.27. The number of rotatable bonds is 3. The zero-order chi connectivity index (χ0) is 14.5. The molecule has 0 saturated carbocycles. The smallest absolute Gasteiger partial charge is 0.387 e. The molecular formula is C13H16F2N2O2S. The molecule has 1 N–H and O–H groups in total. The summed E-state index contributed by atoms with van der Waals surface area (Å²) in [6.45, 7) is 0.139. The van der Waals surface area contributed by atoms with Crippen LogP contribution in [0.5, 0.6) is 5.75 Å². The first-order valence-electron chi connectivity index (χ1n) is 6.26. The molecule has 0 radical (unpaired) electrons. The van der Waals surface area contributed by atoms with E-state index in [1.54, 1.807) is 35.7 Å². The molecule has 1 fully saturated rings. The maximum atomic E-state index is 12.4. The first kappa shape index (κ1) is 14.9. The normalized spacial score (nSPS) is 15.3. The number of hydrogen-bond donors (Lipinski definition) is 1. The number of nitrogens with zero attached hydrogens (tertiary/aromatic N) is 1. The lowest BCUT2D eigenvalue weighted by Crippen LogP contribution is -2.40. The average Bonchev–Trinajstić information content (AvgIpc) is 2.43. The molecule has 0 aliphatic carbocycles. The Labute approximate surface area is 120 Å². The maximum absolute atomic E-state index is 12.4. The molecule has 0 atom stereocenters. The number of amides is 2. The Balaban J connectivity index is 2.12. The van der Waals surface area contributed by atoms with Crippen molar-refractivity contribution in [3.8, 4) is 5.75 Å². The molecule has 1 heterocycles. The van der Waals surface area contributed by atoms with Crippen molar-refractivity contribution < 1.29 is 18.3 Å². The largest absolute Gasteiger partial charge is 0.433 e. The van der Waals surface area contributed by atoms with Crippen LogP contribution in [0.3, 0.4) is 0 Å². The van der Waals surface area contributed by atoms with Gasteiger partial charge in [0, 0.05) is 24.6 Å². The van der Waals surface area contributed by atoms with Crippen LogP contribution in [0.4, 0.5) is 19.3 Å². The van der Waals surface area contributed by atoms with Gasteiger partial charge in [-0.3, -0.25) is 0 Å². The Morgan fingerprint density at radius 2 is 2.10 bits per heavy atom. The quantitative estimate of drug-likeness (QED) is 0.932. The highest BCUT2D eigenvalue weighted by molar-refractivity contribution is 7.99. The van der Waals surface area contributed by atoms with Crippen molar-refractivity contribution in [3.05, 3.63) is 23.8 Å². The summed E-state index contributed by atoms with van der Waals surface area (Å²) >= 11 is 1.79. The number of aryl methyl sites for hydroxylation is 1. The molecule has 0 unspecified atom stereocenters. The number of anilines is 1. The van der Waals surface area contributed by atoms with Gasteiger partial charge in [-0.2, -0.15) is 20.5 Å². The van der Waals surface area contributed by atoms with E-state index in [-0.39, 0.29) is 11.8 Å². The Morgan fingerprint density at radius 3 is 2.75 bits per heavy atom. The van der Waals surface area contributed by atoms with Gasteiger partial charge in [0.05, 0.1) is 5.69 Å². The molecule has 4 nitrogen and oxygen atoms in total. The van der Waals surface area contributed by atoms with E-state index in [0.29, 0.717) is 24.3 Å². The predicted octanol–water partition coefficient (Wildman–Crippen LogP) is 3.18. The second-order valence-electron chi connectivity index (χ2n) is 4.36. The number of carbonyl (C=O) groups is 1. The Morgan fingerprint density at radius 1 is 1.40 bits per heavy atom. The van der Waals surface area contributed by atoms with Crippen LogP contribution in [-0.2, 0) is 0 Å². The van der Waals surface area contributed by atoms with Gasteiger partial charge in [0.25, 0.3) is 0 Å². The average molecular weight is 302 g/mol. The van der Waals surface area contributed by atoms with E-state index in [9.17, 15) is 13.6 Å². The Hall–Kier alpha value is -1.50. The summed E-state index contributed by atoms with van der Waals surface area (Å²) < 4.78 is 29.2. The number of alkyl halides is 2. The minimum atomic E-state index is -2.92. The van der Waals surface area contributed by atoms with Gasteiger partial charge in [0.2, 0.25) is 0 Å². The van der Waals surface area contributed by atoms with E-state index >= 15 is 0 Å². The van der Waals surface area contributed by atoms with E-state index < -0.39 is 6.61 Å². The molecule has 0 bridgehead atoms. The number of urea groups is 1. The van der Waals surface area contributed by atoms with E-state index in [1.165, 1.54) is 6.07 Å². The molecule has 2 amide bonds. The van der Waals surface area contributed by atoms with Gasteiger partial charge in [0.15, 0.2) is 0 Å². The number of para-hydroxylation sites is 1. The highest BCUT2D eigenvalue weighted by Gasteiger charge is 2.19. The van der Waals surface area contributed by atoms with Gasteiger partial charge in [-0.1, -0.05) is 12.1 Å². The fourth-order valence-electron chi connectivity index (χ4n) is 1.95. The third-order valence-electron chi connectivity index (χ3n) is 2.98. The molecular weight excluding hydrogens is 286 g/mol. The summed E-state index contributed by atoms with van der Waals surface area (Å²) in [4.78, 5) is 13.8. The highest BCUT2D eigenvalue weighted by atomic mass is 32.2. The molecule has 1 aliphatic heterocycles. The molecule has 110 valence electrons. The monoisotopic (exact) mass is 302 g/mol. The first-order chi connectivity index (χ1) is 9.58. The maximum Gasteiger partial charge on any atom is 0.387 e. The Kier molecular flexibility index (Phi) is 5.05. The fourth-order valence-corrected chi connectivity index (χ4v) is 2.85. The van der Waals surface area contributed by atoms with Crippen LogP contribution in [-0.4, -0.2) is 42.1 Å². The third kappa shape index (κ3) is 3.75. The van der Waals surface area contributed by atoms with Crippen LogP contribution in [0.25, 0.3) is 0 Å². The molecule has 1 aromatic rings. The van der Waals surface area contributed by atoms with Gasteiger partial charge >= 0.3 is 12.6 Å². The summed E-state index contributed by atoms with van der Waals surface area (Å²) in [5.41, 5.74) is 0.985. The molecule has 7 heteroatoms. The standard InChI is InChI=1S/C13H16F2N2O2S/c1-9-3-2-4-10(19-12(14)15)11(9)16-13(18)17-5-7-20-8-6-17/h2-4,12H,5-8H2,1H3,(H,16,18).